The molecule has 0 unspecified atom stereocenters. The lowest BCUT2D eigenvalue weighted by molar-refractivity contribution is -0.274. The number of aromatic nitrogens is 2. The molecule has 4 rings (SSSR count). The molecular formula is C22H15F3N2O3. The number of rotatable bonds is 4. The summed E-state index contributed by atoms with van der Waals surface area (Å²) >= 11 is 0. The number of fused-ring (bicyclic) bond motifs is 1. The Morgan fingerprint density at radius 3 is 2.37 bits per heavy atom. The minimum Gasteiger partial charge on any atom is -0.506 e. The van der Waals surface area contributed by atoms with Gasteiger partial charge in [0.25, 0.3) is 5.56 Å². The van der Waals surface area contributed by atoms with E-state index in [1.165, 1.54) is 35.2 Å². The smallest absolute Gasteiger partial charge is 0.506 e. The monoisotopic (exact) mass is 412 g/mol. The summed E-state index contributed by atoms with van der Waals surface area (Å²) in [4.78, 5) is 17.2. The van der Waals surface area contributed by atoms with Crippen molar-refractivity contribution in [2.75, 3.05) is 0 Å². The number of benzene rings is 2. The first-order valence-electron chi connectivity index (χ1n) is 8.92. The van der Waals surface area contributed by atoms with Crippen molar-refractivity contribution in [3.05, 3.63) is 89.0 Å². The van der Waals surface area contributed by atoms with Crippen molar-refractivity contribution in [2.24, 2.45) is 0 Å². The first-order chi connectivity index (χ1) is 14.3. The molecular weight excluding hydrogens is 397 g/mol. The molecule has 0 saturated carbocycles. The SMILES string of the molecule is O=c1c(-c2ccc(OC(F)(F)F)cc2)cc2c(O)cncc2n1Cc1ccccc1. The van der Waals surface area contributed by atoms with Crippen molar-refractivity contribution < 1.29 is 23.0 Å². The van der Waals surface area contributed by atoms with Crippen molar-refractivity contribution in [1.29, 1.82) is 0 Å². The van der Waals surface area contributed by atoms with Crippen LogP contribution in [0, 0.1) is 0 Å². The average molecular weight is 412 g/mol. The second kappa shape index (κ2) is 7.55. The summed E-state index contributed by atoms with van der Waals surface area (Å²) in [5.41, 5.74) is 1.59. The number of aromatic hydroxyl groups is 1. The van der Waals surface area contributed by atoms with Crippen LogP contribution in [0.3, 0.4) is 0 Å². The van der Waals surface area contributed by atoms with Gasteiger partial charge < -0.3 is 14.4 Å². The van der Waals surface area contributed by atoms with E-state index in [0.29, 0.717) is 16.5 Å². The number of hydrogen-bond donors (Lipinski definition) is 1. The lowest BCUT2D eigenvalue weighted by Gasteiger charge is -2.14. The highest BCUT2D eigenvalue weighted by molar-refractivity contribution is 5.88. The summed E-state index contributed by atoms with van der Waals surface area (Å²) in [5, 5.41) is 10.7. The third kappa shape index (κ3) is 3.98. The Kier molecular flexibility index (Phi) is 4.91. The van der Waals surface area contributed by atoms with Crippen molar-refractivity contribution in [3.63, 3.8) is 0 Å². The second-order valence-corrected chi connectivity index (χ2v) is 6.60. The molecule has 0 aliphatic carbocycles. The molecule has 5 nitrogen and oxygen atoms in total. The van der Waals surface area contributed by atoms with Gasteiger partial charge in [0, 0.05) is 10.9 Å². The zero-order chi connectivity index (χ0) is 21.3. The maximum atomic E-state index is 13.3. The van der Waals surface area contributed by atoms with Gasteiger partial charge in [-0.05, 0) is 29.3 Å². The number of nitrogens with zero attached hydrogens (tertiary/aromatic N) is 2. The van der Waals surface area contributed by atoms with E-state index < -0.39 is 6.36 Å². The van der Waals surface area contributed by atoms with E-state index in [2.05, 4.69) is 9.72 Å². The summed E-state index contributed by atoms with van der Waals surface area (Å²) in [5.74, 6) is -0.490. The van der Waals surface area contributed by atoms with E-state index >= 15 is 0 Å². The van der Waals surface area contributed by atoms with Crippen LogP contribution in [0.4, 0.5) is 13.2 Å². The fraction of sp³-hybridized carbons (Fsp3) is 0.0909. The summed E-state index contributed by atoms with van der Waals surface area (Å²) < 4.78 is 42.6. The van der Waals surface area contributed by atoms with Crippen LogP contribution >= 0.6 is 0 Å². The van der Waals surface area contributed by atoms with Crippen molar-refractivity contribution in [2.45, 2.75) is 12.9 Å². The molecule has 2 aromatic heterocycles. The molecule has 0 bridgehead atoms. The Bertz CT molecular complexity index is 1250. The molecule has 1 N–H and O–H groups in total. The maximum absolute atomic E-state index is 13.3. The van der Waals surface area contributed by atoms with Crippen LogP contribution in [0.1, 0.15) is 5.56 Å². The van der Waals surface area contributed by atoms with Gasteiger partial charge in [-0.1, -0.05) is 42.5 Å². The molecule has 0 aliphatic heterocycles. The van der Waals surface area contributed by atoms with Gasteiger partial charge in [0.05, 0.1) is 24.5 Å². The number of hydrogen-bond acceptors (Lipinski definition) is 4. The molecule has 30 heavy (non-hydrogen) atoms. The average Bonchev–Trinajstić information content (AvgIpc) is 2.71. The van der Waals surface area contributed by atoms with Gasteiger partial charge in [-0.2, -0.15) is 0 Å². The van der Waals surface area contributed by atoms with Crippen LogP contribution in [0.15, 0.2) is 77.9 Å². The lowest BCUT2D eigenvalue weighted by Crippen LogP contribution is -2.23. The number of ether oxygens (including phenoxy) is 1. The van der Waals surface area contributed by atoms with Crippen molar-refractivity contribution in [3.8, 4) is 22.6 Å². The van der Waals surface area contributed by atoms with E-state index in [1.807, 2.05) is 30.3 Å². The topological polar surface area (TPSA) is 64.3 Å². The molecule has 0 atom stereocenters. The quantitative estimate of drug-likeness (QED) is 0.527. The zero-order valence-electron chi connectivity index (χ0n) is 15.4. The molecule has 8 heteroatoms. The van der Waals surface area contributed by atoms with Crippen LogP contribution in [0.2, 0.25) is 0 Å². The van der Waals surface area contributed by atoms with E-state index in [4.69, 9.17) is 0 Å². The molecule has 0 fully saturated rings. The van der Waals surface area contributed by atoms with Crippen LogP contribution < -0.4 is 10.3 Å². The predicted molar refractivity (Wildman–Crippen MR) is 105 cm³/mol. The summed E-state index contributed by atoms with van der Waals surface area (Å²) in [6, 6.07) is 15.8. The van der Waals surface area contributed by atoms with Gasteiger partial charge in [0.1, 0.15) is 11.5 Å². The molecule has 0 aliphatic rings. The van der Waals surface area contributed by atoms with Crippen LogP contribution in [0.5, 0.6) is 11.5 Å². The summed E-state index contributed by atoms with van der Waals surface area (Å²) in [6.45, 7) is 0.240. The van der Waals surface area contributed by atoms with Gasteiger partial charge in [-0.3, -0.25) is 9.78 Å². The molecule has 2 heterocycles. The molecule has 0 radical (unpaired) electrons. The summed E-state index contributed by atoms with van der Waals surface area (Å²) in [7, 11) is 0. The van der Waals surface area contributed by atoms with Gasteiger partial charge in [0.2, 0.25) is 0 Å². The fourth-order valence-electron chi connectivity index (χ4n) is 3.24. The van der Waals surface area contributed by atoms with Gasteiger partial charge in [0.15, 0.2) is 0 Å². The molecule has 4 aromatic rings. The standard InChI is InChI=1S/C22H15F3N2O3/c23-22(24,25)30-16-8-6-15(7-9-16)17-10-18-19(11-26-12-20(18)28)27(21(17)29)13-14-4-2-1-3-5-14/h1-12,28H,13H2. The number of halogens is 3. The van der Waals surface area contributed by atoms with E-state index in [1.54, 1.807) is 0 Å². The lowest BCUT2D eigenvalue weighted by atomic mass is 10.0. The third-order valence-corrected chi connectivity index (χ3v) is 4.58. The Morgan fingerprint density at radius 2 is 1.70 bits per heavy atom. The van der Waals surface area contributed by atoms with Crippen molar-refractivity contribution in [1.82, 2.24) is 9.55 Å². The van der Waals surface area contributed by atoms with E-state index in [-0.39, 0.29) is 29.2 Å². The number of alkyl halides is 3. The van der Waals surface area contributed by atoms with Crippen molar-refractivity contribution >= 4 is 10.9 Å². The Balaban J connectivity index is 1.85. The van der Waals surface area contributed by atoms with Gasteiger partial charge in [-0.25, -0.2) is 0 Å². The van der Waals surface area contributed by atoms with E-state index in [9.17, 15) is 23.1 Å². The number of pyridine rings is 2. The summed E-state index contributed by atoms with van der Waals surface area (Å²) in [6.07, 6.45) is -2.04. The Labute approximate surface area is 168 Å². The van der Waals surface area contributed by atoms with Crippen LogP contribution in [-0.4, -0.2) is 21.0 Å². The Hall–Kier alpha value is -3.81. The Morgan fingerprint density at radius 1 is 1.00 bits per heavy atom. The zero-order valence-corrected chi connectivity index (χ0v) is 15.4. The first kappa shape index (κ1) is 19.5. The van der Waals surface area contributed by atoms with Crippen LogP contribution in [0.25, 0.3) is 22.0 Å². The first-order valence-corrected chi connectivity index (χ1v) is 8.92. The highest BCUT2D eigenvalue weighted by atomic mass is 19.4. The highest BCUT2D eigenvalue weighted by Crippen LogP contribution is 2.29. The van der Waals surface area contributed by atoms with Gasteiger partial charge >= 0.3 is 6.36 Å². The minimum atomic E-state index is -4.80. The van der Waals surface area contributed by atoms with Gasteiger partial charge in [-0.15, -0.1) is 13.2 Å². The van der Waals surface area contributed by atoms with E-state index in [0.717, 1.165) is 17.7 Å². The minimum absolute atomic E-state index is 0.104. The van der Waals surface area contributed by atoms with Crippen LogP contribution in [-0.2, 0) is 6.54 Å². The maximum Gasteiger partial charge on any atom is 0.573 e. The molecule has 0 spiro atoms. The molecule has 2 aromatic carbocycles. The largest absolute Gasteiger partial charge is 0.573 e. The molecule has 0 saturated heterocycles. The third-order valence-electron chi connectivity index (χ3n) is 4.58. The highest BCUT2D eigenvalue weighted by Gasteiger charge is 2.31. The second-order valence-electron chi connectivity index (χ2n) is 6.60. The normalized spacial score (nSPS) is 11.6. The molecule has 152 valence electrons. The molecule has 0 amide bonds. The predicted octanol–water partition coefficient (Wildman–Crippen LogP) is 4.72. The fourth-order valence-corrected chi connectivity index (χ4v) is 3.24.